The van der Waals surface area contributed by atoms with Gasteiger partial charge in [0.1, 0.15) is 0 Å². The van der Waals surface area contributed by atoms with Crippen molar-refractivity contribution in [2.45, 2.75) is 32.1 Å². The molecule has 2 heteroatoms. The molecule has 0 aliphatic rings. The first-order chi connectivity index (χ1) is 9.19. The van der Waals surface area contributed by atoms with E-state index in [2.05, 4.69) is 31.2 Å². The zero-order chi connectivity index (χ0) is 13.7. The molecule has 0 spiro atoms. The van der Waals surface area contributed by atoms with E-state index in [4.69, 9.17) is 11.5 Å². The second-order valence-electron chi connectivity index (χ2n) is 5.05. The number of anilines is 2. The van der Waals surface area contributed by atoms with Crippen LogP contribution in [0.3, 0.4) is 0 Å². The van der Waals surface area contributed by atoms with Gasteiger partial charge in [0.05, 0.1) is 0 Å². The van der Waals surface area contributed by atoms with Gasteiger partial charge < -0.3 is 11.5 Å². The maximum absolute atomic E-state index is 5.74. The zero-order valence-electron chi connectivity index (χ0n) is 11.5. The molecule has 0 amide bonds. The van der Waals surface area contributed by atoms with E-state index in [1.54, 1.807) is 0 Å². The second-order valence-corrected chi connectivity index (χ2v) is 5.05. The summed E-state index contributed by atoms with van der Waals surface area (Å²) in [4.78, 5) is 0. The highest BCUT2D eigenvalue weighted by Crippen LogP contribution is 2.26. The molecule has 2 aromatic carbocycles. The molecule has 1 unspecified atom stereocenters. The van der Waals surface area contributed by atoms with Gasteiger partial charge in [-0.25, -0.2) is 0 Å². The summed E-state index contributed by atoms with van der Waals surface area (Å²) >= 11 is 0. The molecule has 19 heavy (non-hydrogen) atoms. The molecule has 2 rings (SSSR count). The van der Waals surface area contributed by atoms with Gasteiger partial charge in [0.2, 0.25) is 0 Å². The Labute approximate surface area is 115 Å². The Morgan fingerprint density at radius 3 is 1.89 bits per heavy atom. The minimum absolute atomic E-state index is 0.596. The average Bonchev–Trinajstić information content (AvgIpc) is 2.43. The largest absolute Gasteiger partial charge is 0.399 e. The standard InChI is InChI=1S/C17H22N2/c1-2-14(15-7-11-17(19)12-8-15)6-3-13-4-9-16(18)10-5-13/h4-5,7-12,14H,2-3,6,18-19H2,1H3. The number of rotatable bonds is 5. The highest BCUT2D eigenvalue weighted by atomic mass is 14.5. The van der Waals surface area contributed by atoms with Crippen molar-refractivity contribution in [3.63, 3.8) is 0 Å². The van der Waals surface area contributed by atoms with Gasteiger partial charge in [-0.15, -0.1) is 0 Å². The summed E-state index contributed by atoms with van der Waals surface area (Å²) in [6.07, 6.45) is 3.40. The van der Waals surface area contributed by atoms with Crippen LogP contribution in [0, 0.1) is 0 Å². The van der Waals surface area contributed by atoms with Crippen LogP contribution in [0.15, 0.2) is 48.5 Å². The van der Waals surface area contributed by atoms with E-state index in [0.717, 1.165) is 30.6 Å². The van der Waals surface area contributed by atoms with E-state index < -0.39 is 0 Å². The van der Waals surface area contributed by atoms with Crippen molar-refractivity contribution in [3.05, 3.63) is 59.7 Å². The summed E-state index contributed by atoms with van der Waals surface area (Å²) in [6.45, 7) is 2.24. The van der Waals surface area contributed by atoms with Gasteiger partial charge in [0.25, 0.3) is 0 Å². The maximum Gasteiger partial charge on any atom is 0.0314 e. The van der Waals surface area contributed by atoms with Gasteiger partial charge in [-0.1, -0.05) is 31.2 Å². The lowest BCUT2D eigenvalue weighted by molar-refractivity contribution is 0.606. The van der Waals surface area contributed by atoms with E-state index in [1.807, 2.05) is 24.3 Å². The minimum atomic E-state index is 0.596. The summed E-state index contributed by atoms with van der Waals surface area (Å²) in [7, 11) is 0. The fraction of sp³-hybridized carbons (Fsp3) is 0.294. The van der Waals surface area contributed by atoms with Gasteiger partial charge in [-0.05, 0) is 60.6 Å². The van der Waals surface area contributed by atoms with Gasteiger partial charge in [0, 0.05) is 11.4 Å². The molecular weight excluding hydrogens is 232 g/mol. The van der Waals surface area contributed by atoms with Crippen molar-refractivity contribution in [1.29, 1.82) is 0 Å². The molecule has 2 nitrogen and oxygen atoms in total. The van der Waals surface area contributed by atoms with Crippen molar-refractivity contribution >= 4 is 11.4 Å². The quantitative estimate of drug-likeness (QED) is 0.793. The third-order valence-electron chi connectivity index (χ3n) is 3.66. The van der Waals surface area contributed by atoms with Crippen LogP contribution in [0.2, 0.25) is 0 Å². The van der Waals surface area contributed by atoms with Crippen LogP contribution in [0.4, 0.5) is 11.4 Å². The first kappa shape index (κ1) is 13.5. The number of aryl methyl sites for hydroxylation is 1. The monoisotopic (exact) mass is 254 g/mol. The molecule has 0 bridgehead atoms. The molecule has 0 saturated heterocycles. The molecule has 0 saturated carbocycles. The predicted octanol–water partition coefficient (Wildman–Crippen LogP) is 3.98. The van der Waals surface area contributed by atoms with Gasteiger partial charge in [-0.3, -0.25) is 0 Å². The Bertz CT molecular complexity index is 500. The van der Waals surface area contributed by atoms with Gasteiger partial charge >= 0.3 is 0 Å². The zero-order valence-corrected chi connectivity index (χ0v) is 11.5. The lowest BCUT2D eigenvalue weighted by atomic mass is 9.90. The first-order valence-corrected chi connectivity index (χ1v) is 6.89. The molecule has 100 valence electrons. The molecule has 4 N–H and O–H groups in total. The lowest BCUT2D eigenvalue weighted by Gasteiger charge is -2.15. The topological polar surface area (TPSA) is 52.0 Å². The molecular formula is C17H22N2. The third-order valence-corrected chi connectivity index (χ3v) is 3.66. The van der Waals surface area contributed by atoms with E-state index >= 15 is 0 Å². The Kier molecular flexibility index (Phi) is 4.45. The lowest BCUT2D eigenvalue weighted by Crippen LogP contribution is -2.00. The van der Waals surface area contributed by atoms with Gasteiger partial charge in [0.15, 0.2) is 0 Å². The van der Waals surface area contributed by atoms with Crippen molar-refractivity contribution in [3.8, 4) is 0 Å². The smallest absolute Gasteiger partial charge is 0.0314 e. The van der Waals surface area contributed by atoms with Crippen molar-refractivity contribution < 1.29 is 0 Å². The number of nitrogen functional groups attached to an aromatic ring is 2. The normalized spacial score (nSPS) is 12.3. The van der Waals surface area contributed by atoms with Crippen molar-refractivity contribution in [2.75, 3.05) is 11.5 Å². The highest BCUT2D eigenvalue weighted by molar-refractivity contribution is 5.41. The van der Waals surface area contributed by atoms with E-state index in [0.29, 0.717) is 5.92 Å². The van der Waals surface area contributed by atoms with Crippen LogP contribution < -0.4 is 11.5 Å². The van der Waals surface area contributed by atoms with Crippen LogP contribution in [-0.2, 0) is 6.42 Å². The number of benzene rings is 2. The van der Waals surface area contributed by atoms with Crippen molar-refractivity contribution in [2.24, 2.45) is 0 Å². The number of nitrogens with two attached hydrogens (primary N) is 2. The van der Waals surface area contributed by atoms with Crippen LogP contribution >= 0.6 is 0 Å². The maximum atomic E-state index is 5.74. The summed E-state index contributed by atoms with van der Waals surface area (Å²) < 4.78 is 0. The van der Waals surface area contributed by atoms with E-state index in [9.17, 15) is 0 Å². The predicted molar refractivity (Wildman–Crippen MR) is 83.1 cm³/mol. The molecule has 0 aliphatic carbocycles. The summed E-state index contributed by atoms with van der Waals surface area (Å²) in [5.41, 5.74) is 15.8. The minimum Gasteiger partial charge on any atom is -0.399 e. The Balaban J connectivity index is 1.99. The third kappa shape index (κ3) is 3.75. The summed E-state index contributed by atoms with van der Waals surface area (Å²) in [5.74, 6) is 0.596. The second kappa shape index (κ2) is 6.28. The molecule has 1 atom stereocenters. The SMILES string of the molecule is CCC(CCc1ccc(N)cc1)c1ccc(N)cc1. The van der Waals surface area contributed by atoms with Crippen LogP contribution in [0.25, 0.3) is 0 Å². The average molecular weight is 254 g/mol. The molecule has 0 fully saturated rings. The first-order valence-electron chi connectivity index (χ1n) is 6.89. The van der Waals surface area contributed by atoms with Crippen LogP contribution in [0.5, 0.6) is 0 Å². The molecule has 0 radical (unpaired) electrons. The Morgan fingerprint density at radius 2 is 1.37 bits per heavy atom. The van der Waals surface area contributed by atoms with Gasteiger partial charge in [-0.2, -0.15) is 0 Å². The summed E-state index contributed by atoms with van der Waals surface area (Å²) in [5, 5.41) is 0. The Hall–Kier alpha value is -1.96. The molecule has 0 aromatic heterocycles. The van der Waals surface area contributed by atoms with Crippen LogP contribution in [-0.4, -0.2) is 0 Å². The van der Waals surface area contributed by atoms with Crippen molar-refractivity contribution in [1.82, 2.24) is 0 Å². The number of hydrogen-bond acceptors (Lipinski definition) is 2. The Morgan fingerprint density at radius 1 is 0.842 bits per heavy atom. The molecule has 0 aliphatic heterocycles. The molecule has 2 aromatic rings. The van der Waals surface area contributed by atoms with Crippen LogP contribution in [0.1, 0.15) is 36.8 Å². The molecule has 0 heterocycles. The fourth-order valence-corrected chi connectivity index (χ4v) is 2.40. The number of hydrogen-bond donors (Lipinski definition) is 2. The highest BCUT2D eigenvalue weighted by Gasteiger charge is 2.09. The van der Waals surface area contributed by atoms with E-state index in [1.165, 1.54) is 11.1 Å². The summed E-state index contributed by atoms with van der Waals surface area (Å²) in [6, 6.07) is 16.4. The fourth-order valence-electron chi connectivity index (χ4n) is 2.40. The van der Waals surface area contributed by atoms with E-state index in [-0.39, 0.29) is 0 Å².